The Balaban J connectivity index is 1.80. The molecule has 0 aliphatic carbocycles. The van der Waals surface area contributed by atoms with E-state index in [1.54, 1.807) is 18.5 Å². The van der Waals surface area contributed by atoms with E-state index in [0.717, 1.165) is 32.7 Å². The van der Waals surface area contributed by atoms with Crippen molar-refractivity contribution in [2.75, 3.05) is 10.6 Å². The van der Waals surface area contributed by atoms with Gasteiger partial charge < -0.3 is 10.6 Å². The molecule has 1 amide bonds. The molecule has 1 aromatic heterocycles. The first-order chi connectivity index (χ1) is 12.0. The number of hydrogen-bond acceptors (Lipinski definition) is 3. The minimum absolute atomic E-state index is 0.198. The van der Waals surface area contributed by atoms with Crippen LogP contribution in [0.1, 0.15) is 21.5 Å². The maximum Gasteiger partial charge on any atom is 0.257 e. The van der Waals surface area contributed by atoms with E-state index in [1.165, 1.54) is 0 Å². The van der Waals surface area contributed by atoms with Gasteiger partial charge in [0.25, 0.3) is 5.91 Å². The first-order valence-corrected chi connectivity index (χ1v) is 8.67. The molecule has 3 rings (SSSR count). The van der Waals surface area contributed by atoms with Crippen molar-refractivity contribution in [1.82, 2.24) is 4.98 Å². The highest BCUT2D eigenvalue weighted by atomic mass is 79.9. The molecule has 0 saturated carbocycles. The molecule has 1 heterocycles. The molecule has 4 nitrogen and oxygen atoms in total. The molecule has 0 unspecified atom stereocenters. The molecule has 0 spiro atoms. The molecule has 0 bridgehead atoms. The average molecular weight is 396 g/mol. The number of halogens is 1. The lowest BCUT2D eigenvalue weighted by Gasteiger charge is -2.13. The smallest absolute Gasteiger partial charge is 0.257 e. The number of benzene rings is 2. The van der Waals surface area contributed by atoms with Crippen LogP contribution in [0.15, 0.2) is 65.4 Å². The zero-order valence-corrected chi connectivity index (χ0v) is 15.6. The molecule has 0 radical (unpaired) electrons. The summed E-state index contributed by atoms with van der Waals surface area (Å²) in [6, 6.07) is 15.4. The Kier molecular flexibility index (Phi) is 5.14. The number of carbonyl (C=O) groups excluding carboxylic acids is 1. The first kappa shape index (κ1) is 17.2. The van der Waals surface area contributed by atoms with E-state index in [1.807, 2.05) is 56.3 Å². The van der Waals surface area contributed by atoms with Crippen molar-refractivity contribution in [3.8, 4) is 0 Å². The lowest BCUT2D eigenvalue weighted by molar-refractivity contribution is 0.102. The Labute approximate surface area is 155 Å². The topological polar surface area (TPSA) is 54.0 Å². The number of aromatic nitrogens is 1. The maximum absolute atomic E-state index is 12.5. The molecular weight excluding hydrogens is 378 g/mol. The summed E-state index contributed by atoms with van der Waals surface area (Å²) < 4.78 is 0.911. The van der Waals surface area contributed by atoms with Crippen LogP contribution in [0.2, 0.25) is 0 Å². The van der Waals surface area contributed by atoms with Gasteiger partial charge in [0, 0.05) is 22.0 Å². The number of nitrogens with one attached hydrogen (secondary N) is 2. The maximum atomic E-state index is 12.5. The van der Waals surface area contributed by atoms with Gasteiger partial charge >= 0.3 is 0 Å². The summed E-state index contributed by atoms with van der Waals surface area (Å²) in [7, 11) is 0. The fraction of sp³-hybridized carbons (Fsp3) is 0.100. The number of nitrogens with zero attached hydrogens (tertiary/aromatic N) is 1. The Hall–Kier alpha value is -2.66. The molecule has 2 aromatic carbocycles. The Morgan fingerprint density at radius 3 is 2.40 bits per heavy atom. The van der Waals surface area contributed by atoms with Crippen LogP contribution in [0.25, 0.3) is 0 Å². The predicted octanol–water partition coefficient (Wildman–Crippen LogP) is 5.46. The second kappa shape index (κ2) is 7.49. The van der Waals surface area contributed by atoms with Crippen molar-refractivity contribution >= 4 is 38.9 Å². The van der Waals surface area contributed by atoms with Crippen LogP contribution in [-0.4, -0.2) is 10.9 Å². The zero-order chi connectivity index (χ0) is 17.8. The van der Waals surface area contributed by atoms with E-state index >= 15 is 0 Å². The van der Waals surface area contributed by atoms with E-state index in [0.29, 0.717) is 5.56 Å². The Bertz CT molecular complexity index is 904. The van der Waals surface area contributed by atoms with Crippen LogP contribution < -0.4 is 10.6 Å². The van der Waals surface area contributed by atoms with Crippen molar-refractivity contribution in [2.24, 2.45) is 0 Å². The molecule has 126 valence electrons. The summed E-state index contributed by atoms with van der Waals surface area (Å²) in [5.41, 5.74) is 5.32. The summed E-state index contributed by atoms with van der Waals surface area (Å²) in [5, 5.41) is 6.23. The molecule has 0 fully saturated rings. The predicted molar refractivity (Wildman–Crippen MR) is 106 cm³/mol. The normalized spacial score (nSPS) is 10.4. The minimum atomic E-state index is -0.198. The molecule has 3 aromatic rings. The third-order valence-electron chi connectivity index (χ3n) is 3.83. The molecule has 0 saturated heterocycles. The van der Waals surface area contributed by atoms with Gasteiger partial charge in [-0.3, -0.25) is 9.78 Å². The highest BCUT2D eigenvalue weighted by Crippen LogP contribution is 2.24. The third kappa shape index (κ3) is 4.25. The largest absolute Gasteiger partial charge is 0.354 e. The van der Waals surface area contributed by atoms with E-state index < -0.39 is 0 Å². The standard InChI is InChI=1S/C20H18BrN3O/c1-13-5-3-6-14(2)19(13)23-18-9-15(11-22-12-18)20(25)24-17-8-4-7-16(21)10-17/h3-12,23H,1-2H3,(H,24,25). The Morgan fingerprint density at radius 2 is 1.68 bits per heavy atom. The average Bonchev–Trinajstić information content (AvgIpc) is 2.58. The second-order valence-corrected chi connectivity index (χ2v) is 6.73. The number of hydrogen-bond donors (Lipinski definition) is 2. The lowest BCUT2D eigenvalue weighted by Crippen LogP contribution is -2.12. The lowest BCUT2D eigenvalue weighted by atomic mass is 10.1. The van der Waals surface area contributed by atoms with Gasteiger partial charge in [-0.15, -0.1) is 0 Å². The van der Waals surface area contributed by atoms with Gasteiger partial charge in [-0.2, -0.15) is 0 Å². The number of amides is 1. The number of aryl methyl sites for hydroxylation is 2. The van der Waals surface area contributed by atoms with Crippen molar-refractivity contribution in [3.63, 3.8) is 0 Å². The highest BCUT2D eigenvalue weighted by molar-refractivity contribution is 9.10. The SMILES string of the molecule is Cc1cccc(C)c1Nc1cncc(C(=O)Nc2cccc(Br)c2)c1. The van der Waals surface area contributed by atoms with E-state index in [4.69, 9.17) is 0 Å². The molecule has 25 heavy (non-hydrogen) atoms. The quantitative estimate of drug-likeness (QED) is 0.616. The van der Waals surface area contributed by atoms with Crippen LogP contribution in [0.5, 0.6) is 0 Å². The molecule has 5 heteroatoms. The van der Waals surface area contributed by atoms with Crippen molar-refractivity contribution < 1.29 is 4.79 Å². The van der Waals surface area contributed by atoms with Gasteiger partial charge in [-0.05, 0) is 49.2 Å². The summed E-state index contributed by atoms with van der Waals surface area (Å²) in [6.07, 6.45) is 3.27. The monoisotopic (exact) mass is 395 g/mol. The van der Waals surface area contributed by atoms with Crippen LogP contribution in [-0.2, 0) is 0 Å². The molecule has 0 atom stereocenters. The molecule has 2 N–H and O–H groups in total. The second-order valence-electron chi connectivity index (χ2n) is 5.82. The van der Waals surface area contributed by atoms with E-state index in [9.17, 15) is 4.79 Å². The van der Waals surface area contributed by atoms with Gasteiger partial charge in [0.05, 0.1) is 17.4 Å². The Morgan fingerprint density at radius 1 is 0.960 bits per heavy atom. The van der Waals surface area contributed by atoms with Gasteiger partial charge in [-0.1, -0.05) is 40.2 Å². The van der Waals surface area contributed by atoms with Crippen LogP contribution in [0.3, 0.4) is 0 Å². The van der Waals surface area contributed by atoms with Gasteiger partial charge in [0.2, 0.25) is 0 Å². The minimum Gasteiger partial charge on any atom is -0.354 e. The number of pyridine rings is 1. The molecule has 0 aliphatic heterocycles. The van der Waals surface area contributed by atoms with Gasteiger partial charge in [0.15, 0.2) is 0 Å². The fourth-order valence-corrected chi connectivity index (χ4v) is 2.96. The third-order valence-corrected chi connectivity index (χ3v) is 4.33. The number of rotatable bonds is 4. The van der Waals surface area contributed by atoms with Crippen LogP contribution >= 0.6 is 15.9 Å². The zero-order valence-electron chi connectivity index (χ0n) is 14.0. The first-order valence-electron chi connectivity index (χ1n) is 7.88. The number of anilines is 3. The van der Waals surface area contributed by atoms with Crippen molar-refractivity contribution in [1.29, 1.82) is 0 Å². The van der Waals surface area contributed by atoms with Crippen molar-refractivity contribution in [3.05, 3.63) is 82.1 Å². The van der Waals surface area contributed by atoms with Crippen LogP contribution in [0.4, 0.5) is 17.1 Å². The number of para-hydroxylation sites is 1. The fourth-order valence-electron chi connectivity index (χ4n) is 2.56. The summed E-state index contributed by atoms with van der Waals surface area (Å²) in [6.45, 7) is 4.10. The van der Waals surface area contributed by atoms with Crippen molar-refractivity contribution in [2.45, 2.75) is 13.8 Å². The molecule has 0 aliphatic rings. The van der Waals surface area contributed by atoms with Crippen LogP contribution in [0, 0.1) is 13.8 Å². The summed E-state index contributed by atoms with van der Waals surface area (Å²) >= 11 is 3.40. The van der Waals surface area contributed by atoms with Gasteiger partial charge in [-0.25, -0.2) is 0 Å². The summed E-state index contributed by atoms with van der Waals surface area (Å²) in [5.74, 6) is -0.198. The van der Waals surface area contributed by atoms with E-state index in [-0.39, 0.29) is 5.91 Å². The molecular formula is C20H18BrN3O. The summed E-state index contributed by atoms with van der Waals surface area (Å²) in [4.78, 5) is 16.7. The number of carbonyl (C=O) groups is 1. The van der Waals surface area contributed by atoms with E-state index in [2.05, 4.69) is 31.5 Å². The highest BCUT2D eigenvalue weighted by Gasteiger charge is 2.09. The van der Waals surface area contributed by atoms with Gasteiger partial charge in [0.1, 0.15) is 0 Å².